The van der Waals surface area contributed by atoms with E-state index in [4.69, 9.17) is 14.2 Å². The van der Waals surface area contributed by atoms with Crippen LogP contribution in [0, 0.1) is 0 Å². The van der Waals surface area contributed by atoms with Gasteiger partial charge in [-0.25, -0.2) is 9.59 Å². The molecule has 0 spiro atoms. The number of allylic oxidation sites excluding steroid dienone is 1. The van der Waals surface area contributed by atoms with Crippen molar-refractivity contribution in [2.24, 2.45) is 0 Å². The number of carbonyl (C=O) groups excluding carboxylic acids is 3. The summed E-state index contributed by atoms with van der Waals surface area (Å²) in [6.07, 6.45) is 0.426. The first-order valence-corrected chi connectivity index (χ1v) is 8.16. The number of Topliss-reactive ketones (excluding diaryl/α,β-unsaturated/α-hetero) is 1. The van der Waals surface area contributed by atoms with Crippen LogP contribution in [-0.4, -0.2) is 42.3 Å². The lowest BCUT2D eigenvalue weighted by Gasteiger charge is -2.15. The number of aliphatic hydroxyl groups excluding tert-OH is 1. The fourth-order valence-electron chi connectivity index (χ4n) is 2.82. The topological polar surface area (TPSA) is 99.1 Å². The van der Waals surface area contributed by atoms with E-state index in [1.807, 2.05) is 0 Å². The van der Waals surface area contributed by atoms with Crippen LogP contribution in [0.1, 0.15) is 46.0 Å². The summed E-state index contributed by atoms with van der Waals surface area (Å²) < 4.78 is 15.6. The van der Waals surface area contributed by atoms with Crippen molar-refractivity contribution in [3.63, 3.8) is 0 Å². The Labute approximate surface area is 140 Å². The van der Waals surface area contributed by atoms with Gasteiger partial charge in [0.1, 0.15) is 17.1 Å². The van der Waals surface area contributed by atoms with E-state index in [2.05, 4.69) is 0 Å². The zero-order chi connectivity index (χ0) is 17.7. The maximum Gasteiger partial charge on any atom is 0.342 e. The summed E-state index contributed by atoms with van der Waals surface area (Å²) in [5.41, 5.74) is 0.277. The van der Waals surface area contributed by atoms with E-state index in [9.17, 15) is 19.5 Å². The largest absolute Gasteiger partial charge is 0.511 e. The van der Waals surface area contributed by atoms with Crippen molar-refractivity contribution in [3.8, 4) is 0 Å². The van der Waals surface area contributed by atoms with Crippen LogP contribution < -0.4 is 0 Å². The molecular weight excluding hydrogens is 316 g/mol. The summed E-state index contributed by atoms with van der Waals surface area (Å²) in [7, 11) is 0. The highest BCUT2D eigenvalue weighted by Gasteiger charge is 2.40. The number of aliphatic hydroxyl groups is 1. The lowest BCUT2D eigenvalue weighted by molar-refractivity contribution is -0.159. The molecule has 0 amide bonds. The number of hydrogen-bond donors (Lipinski definition) is 1. The summed E-state index contributed by atoms with van der Waals surface area (Å²) in [6, 6.07) is 0. The molecule has 24 heavy (non-hydrogen) atoms. The molecule has 2 aliphatic rings. The third kappa shape index (κ3) is 3.84. The number of hydrogen-bond acceptors (Lipinski definition) is 7. The standard InChI is InChI=1S/C17H22O7/c1-3-22-15(20)14-12(19)9-8-10(18)6-5-7-11-13(14)16(21)24-17(11)23-4-2/h17,19H,3-9H2,1-2H3/b14-12-. The second-order valence-electron chi connectivity index (χ2n) is 5.53. The zero-order valence-electron chi connectivity index (χ0n) is 13.9. The van der Waals surface area contributed by atoms with E-state index in [0.29, 0.717) is 31.4 Å². The molecule has 1 aliphatic carbocycles. The van der Waals surface area contributed by atoms with Gasteiger partial charge in [0.25, 0.3) is 0 Å². The molecule has 1 unspecified atom stereocenters. The molecule has 2 rings (SSSR count). The van der Waals surface area contributed by atoms with E-state index >= 15 is 0 Å². The van der Waals surface area contributed by atoms with Crippen molar-refractivity contribution < 1.29 is 33.7 Å². The predicted octanol–water partition coefficient (Wildman–Crippen LogP) is 2.11. The predicted molar refractivity (Wildman–Crippen MR) is 82.9 cm³/mol. The average molecular weight is 338 g/mol. The number of ketones is 1. The molecule has 0 saturated carbocycles. The third-order valence-electron chi connectivity index (χ3n) is 3.90. The first-order valence-electron chi connectivity index (χ1n) is 8.16. The second kappa shape index (κ2) is 8.10. The van der Waals surface area contributed by atoms with Gasteiger partial charge in [-0.05, 0) is 26.7 Å². The molecule has 7 heteroatoms. The van der Waals surface area contributed by atoms with Crippen LogP contribution in [0.5, 0.6) is 0 Å². The molecule has 1 atom stereocenters. The molecular formula is C17H22O7. The first kappa shape index (κ1) is 18.2. The first-order chi connectivity index (χ1) is 11.5. The van der Waals surface area contributed by atoms with Crippen molar-refractivity contribution in [2.75, 3.05) is 13.2 Å². The zero-order valence-corrected chi connectivity index (χ0v) is 13.9. The maximum absolute atomic E-state index is 12.3. The summed E-state index contributed by atoms with van der Waals surface area (Å²) in [5, 5.41) is 10.3. The number of cyclic esters (lactones) is 1. The number of esters is 2. The van der Waals surface area contributed by atoms with E-state index in [1.165, 1.54) is 0 Å². The Hall–Kier alpha value is -2.15. The van der Waals surface area contributed by atoms with Crippen LogP contribution in [0.15, 0.2) is 22.5 Å². The van der Waals surface area contributed by atoms with Crippen LogP contribution in [0.3, 0.4) is 0 Å². The minimum absolute atomic E-state index is 0.00740. The van der Waals surface area contributed by atoms with E-state index in [-0.39, 0.29) is 42.1 Å². The highest BCUT2D eigenvalue weighted by Crippen LogP contribution is 2.35. The lowest BCUT2D eigenvalue weighted by atomic mass is 9.92. The Kier molecular flexibility index (Phi) is 6.14. The van der Waals surface area contributed by atoms with Crippen molar-refractivity contribution in [1.29, 1.82) is 0 Å². The monoisotopic (exact) mass is 338 g/mol. The van der Waals surface area contributed by atoms with Gasteiger partial charge in [0.05, 0.1) is 12.2 Å². The molecule has 0 radical (unpaired) electrons. The summed E-state index contributed by atoms with van der Waals surface area (Å²) in [5.74, 6) is -1.85. The van der Waals surface area contributed by atoms with Gasteiger partial charge in [-0.1, -0.05) is 0 Å². The fourth-order valence-corrected chi connectivity index (χ4v) is 2.82. The highest BCUT2D eigenvalue weighted by molar-refractivity contribution is 6.09. The van der Waals surface area contributed by atoms with Crippen molar-refractivity contribution in [3.05, 3.63) is 22.5 Å². The van der Waals surface area contributed by atoms with Crippen LogP contribution in [-0.2, 0) is 28.6 Å². The number of ether oxygens (including phenoxy) is 3. The Bertz CT molecular complexity index is 600. The third-order valence-corrected chi connectivity index (χ3v) is 3.90. The van der Waals surface area contributed by atoms with E-state index in [0.717, 1.165) is 0 Å². The molecule has 0 aromatic heterocycles. The van der Waals surface area contributed by atoms with Gasteiger partial charge in [0, 0.05) is 31.4 Å². The SMILES string of the molecule is CCOC(=O)/C1=C(\O)CCC(=O)CCCC2=C1C(=O)OC2OCC. The molecule has 1 N–H and O–H groups in total. The molecule has 132 valence electrons. The molecule has 0 saturated heterocycles. The van der Waals surface area contributed by atoms with Crippen molar-refractivity contribution in [1.82, 2.24) is 0 Å². The van der Waals surface area contributed by atoms with Crippen LogP contribution in [0.25, 0.3) is 0 Å². The normalized spacial score (nSPS) is 25.3. The van der Waals surface area contributed by atoms with E-state index in [1.54, 1.807) is 13.8 Å². The van der Waals surface area contributed by atoms with E-state index < -0.39 is 18.2 Å². The average Bonchev–Trinajstić information content (AvgIpc) is 2.82. The highest BCUT2D eigenvalue weighted by atomic mass is 16.7. The smallest absolute Gasteiger partial charge is 0.342 e. The fraction of sp³-hybridized carbons (Fsp3) is 0.588. The van der Waals surface area contributed by atoms with Crippen molar-refractivity contribution >= 4 is 17.7 Å². The molecule has 1 aliphatic heterocycles. The Morgan fingerprint density at radius 3 is 2.58 bits per heavy atom. The van der Waals surface area contributed by atoms with Crippen LogP contribution in [0.4, 0.5) is 0 Å². The Balaban J connectivity index is 2.54. The summed E-state index contributed by atoms with van der Waals surface area (Å²) >= 11 is 0. The molecule has 0 bridgehead atoms. The second-order valence-corrected chi connectivity index (χ2v) is 5.53. The minimum atomic E-state index is -0.899. The van der Waals surface area contributed by atoms with Gasteiger partial charge < -0.3 is 19.3 Å². The molecule has 0 aromatic rings. The number of rotatable bonds is 4. The van der Waals surface area contributed by atoms with Gasteiger partial charge in [0.15, 0.2) is 0 Å². The molecule has 7 nitrogen and oxygen atoms in total. The van der Waals surface area contributed by atoms with Crippen LogP contribution in [0.2, 0.25) is 0 Å². The van der Waals surface area contributed by atoms with Gasteiger partial charge in [-0.2, -0.15) is 0 Å². The molecule has 0 fully saturated rings. The van der Waals surface area contributed by atoms with Gasteiger partial charge >= 0.3 is 11.9 Å². The minimum Gasteiger partial charge on any atom is -0.511 e. The summed E-state index contributed by atoms with van der Waals surface area (Å²) in [4.78, 5) is 36.4. The summed E-state index contributed by atoms with van der Waals surface area (Å²) in [6.45, 7) is 3.80. The maximum atomic E-state index is 12.3. The Morgan fingerprint density at radius 2 is 1.92 bits per heavy atom. The quantitative estimate of drug-likeness (QED) is 0.784. The van der Waals surface area contributed by atoms with Crippen LogP contribution >= 0.6 is 0 Å². The lowest BCUT2D eigenvalue weighted by Crippen LogP contribution is -2.17. The Morgan fingerprint density at radius 1 is 1.17 bits per heavy atom. The van der Waals surface area contributed by atoms with Gasteiger partial charge in [-0.15, -0.1) is 0 Å². The molecule has 1 heterocycles. The molecule has 0 aromatic carbocycles. The van der Waals surface area contributed by atoms with Gasteiger partial charge in [0.2, 0.25) is 6.29 Å². The van der Waals surface area contributed by atoms with Gasteiger partial charge in [-0.3, -0.25) is 4.79 Å². The van der Waals surface area contributed by atoms with Crippen molar-refractivity contribution in [2.45, 2.75) is 52.2 Å². The number of carbonyl (C=O) groups is 3.